The molecule has 0 aliphatic carbocycles. The lowest BCUT2D eigenvalue weighted by molar-refractivity contribution is 0.768. The van der Waals surface area contributed by atoms with Crippen LogP contribution in [0.3, 0.4) is 0 Å². The quantitative estimate of drug-likeness (QED) is 0.543. The first-order valence-corrected chi connectivity index (χ1v) is 7.54. The molecule has 0 saturated heterocycles. The Kier molecular flexibility index (Phi) is 2.58. The summed E-state index contributed by atoms with van der Waals surface area (Å²) >= 11 is 0. The molecular formula is C17H13N7. The summed E-state index contributed by atoms with van der Waals surface area (Å²) in [6.45, 7) is 0. The molecule has 0 unspecified atom stereocenters. The third kappa shape index (κ3) is 1.84. The van der Waals surface area contributed by atoms with Crippen molar-refractivity contribution in [3.05, 3.63) is 55.6 Å². The van der Waals surface area contributed by atoms with Crippen LogP contribution in [0.2, 0.25) is 0 Å². The molecule has 0 aliphatic heterocycles. The molecule has 5 aromatic rings. The molecule has 0 aromatic carbocycles. The van der Waals surface area contributed by atoms with Crippen LogP contribution in [0.5, 0.6) is 0 Å². The maximum Gasteiger partial charge on any atom is 0.233 e. The van der Waals surface area contributed by atoms with Gasteiger partial charge in [-0.15, -0.1) is 0 Å². The normalized spacial score (nSPS) is 11.5. The minimum absolute atomic E-state index is 0.684. The second-order valence-corrected chi connectivity index (χ2v) is 5.66. The summed E-state index contributed by atoms with van der Waals surface area (Å²) in [7, 11) is 1.91. The number of fused-ring (bicyclic) bond motifs is 2. The van der Waals surface area contributed by atoms with Crippen LogP contribution in [0.1, 0.15) is 0 Å². The zero-order chi connectivity index (χ0) is 16.1. The van der Waals surface area contributed by atoms with Gasteiger partial charge in [-0.1, -0.05) is 0 Å². The van der Waals surface area contributed by atoms with Gasteiger partial charge in [0.15, 0.2) is 0 Å². The Morgan fingerprint density at radius 2 is 1.88 bits per heavy atom. The smallest absolute Gasteiger partial charge is 0.233 e. The highest BCUT2D eigenvalue weighted by Crippen LogP contribution is 2.35. The Morgan fingerprint density at radius 3 is 2.75 bits per heavy atom. The fourth-order valence-corrected chi connectivity index (χ4v) is 3.04. The molecule has 5 aromatic heterocycles. The molecule has 0 aliphatic rings. The highest BCUT2D eigenvalue weighted by atomic mass is 15.2. The van der Waals surface area contributed by atoms with Crippen molar-refractivity contribution in [1.29, 1.82) is 0 Å². The fourth-order valence-electron chi connectivity index (χ4n) is 3.04. The maximum absolute atomic E-state index is 4.45. The number of aryl methyl sites for hydroxylation is 1. The van der Waals surface area contributed by atoms with Gasteiger partial charge in [0.05, 0.1) is 6.20 Å². The number of imidazole rings is 1. The van der Waals surface area contributed by atoms with E-state index in [1.54, 1.807) is 10.9 Å². The number of hydrogen-bond donors (Lipinski definition) is 1. The predicted molar refractivity (Wildman–Crippen MR) is 90.3 cm³/mol. The number of H-pyrrole nitrogens is 1. The van der Waals surface area contributed by atoms with Crippen molar-refractivity contribution in [3.63, 3.8) is 0 Å². The molecule has 7 heteroatoms. The molecule has 7 nitrogen and oxygen atoms in total. The number of aromatic nitrogens is 7. The van der Waals surface area contributed by atoms with E-state index in [0.29, 0.717) is 5.78 Å². The standard InChI is InChI=1S/C17H13N7/c1-23-9-12(7-22-23)13-2-3-18-16-15(13)14(8-20-16)11-6-21-17-19-4-5-24(17)10-11/h2-10H,1H3,(H,18,20). The van der Waals surface area contributed by atoms with E-state index in [1.807, 2.05) is 60.9 Å². The third-order valence-corrected chi connectivity index (χ3v) is 4.15. The van der Waals surface area contributed by atoms with Gasteiger partial charge in [-0.2, -0.15) is 5.10 Å². The third-order valence-electron chi connectivity index (χ3n) is 4.15. The van der Waals surface area contributed by atoms with Crippen molar-refractivity contribution in [2.24, 2.45) is 7.05 Å². The number of pyridine rings is 1. The molecule has 0 radical (unpaired) electrons. The molecule has 5 heterocycles. The number of rotatable bonds is 2. The lowest BCUT2D eigenvalue weighted by atomic mass is 10.0. The van der Waals surface area contributed by atoms with Crippen molar-refractivity contribution in [2.45, 2.75) is 0 Å². The van der Waals surface area contributed by atoms with Gasteiger partial charge in [-0.25, -0.2) is 15.0 Å². The van der Waals surface area contributed by atoms with Gasteiger partial charge in [0.25, 0.3) is 0 Å². The Balaban J connectivity index is 1.79. The van der Waals surface area contributed by atoms with E-state index in [1.165, 1.54) is 0 Å². The molecule has 0 bridgehead atoms. The Bertz CT molecular complexity index is 1180. The summed E-state index contributed by atoms with van der Waals surface area (Å²) in [4.78, 5) is 16.3. The van der Waals surface area contributed by atoms with Gasteiger partial charge in [-0.05, 0) is 11.6 Å². The van der Waals surface area contributed by atoms with Crippen LogP contribution in [-0.4, -0.2) is 34.1 Å². The minimum atomic E-state index is 0.684. The van der Waals surface area contributed by atoms with Gasteiger partial charge in [0, 0.05) is 72.5 Å². The molecule has 0 saturated carbocycles. The van der Waals surface area contributed by atoms with Gasteiger partial charge < -0.3 is 4.98 Å². The summed E-state index contributed by atoms with van der Waals surface area (Å²) in [5.41, 5.74) is 5.06. The zero-order valence-electron chi connectivity index (χ0n) is 12.9. The van der Waals surface area contributed by atoms with E-state index in [2.05, 4.69) is 25.0 Å². The van der Waals surface area contributed by atoms with Crippen LogP contribution in [0.4, 0.5) is 0 Å². The summed E-state index contributed by atoms with van der Waals surface area (Å²) in [5.74, 6) is 0.684. The highest BCUT2D eigenvalue weighted by molar-refractivity contribution is 6.03. The molecular weight excluding hydrogens is 302 g/mol. The van der Waals surface area contributed by atoms with Crippen LogP contribution >= 0.6 is 0 Å². The molecule has 0 spiro atoms. The highest BCUT2D eigenvalue weighted by Gasteiger charge is 2.14. The van der Waals surface area contributed by atoms with E-state index in [-0.39, 0.29) is 0 Å². The Labute approximate surface area is 136 Å². The van der Waals surface area contributed by atoms with E-state index in [4.69, 9.17) is 0 Å². The second kappa shape index (κ2) is 4.76. The van der Waals surface area contributed by atoms with Crippen molar-refractivity contribution < 1.29 is 0 Å². The molecule has 5 rings (SSSR count). The zero-order valence-corrected chi connectivity index (χ0v) is 12.9. The molecule has 0 fully saturated rings. The second-order valence-electron chi connectivity index (χ2n) is 5.66. The van der Waals surface area contributed by atoms with Crippen LogP contribution in [0.25, 0.3) is 39.1 Å². The number of aromatic amines is 1. The van der Waals surface area contributed by atoms with Crippen molar-refractivity contribution in [3.8, 4) is 22.3 Å². The predicted octanol–water partition coefficient (Wildman–Crippen LogP) is 2.67. The molecule has 1 N–H and O–H groups in total. The lowest BCUT2D eigenvalue weighted by Gasteiger charge is -2.04. The van der Waals surface area contributed by atoms with Crippen molar-refractivity contribution in [1.82, 2.24) is 34.1 Å². The van der Waals surface area contributed by atoms with Gasteiger partial charge in [-0.3, -0.25) is 9.08 Å². The largest absolute Gasteiger partial charge is 0.345 e. The average Bonchev–Trinajstić information content (AvgIpc) is 3.32. The van der Waals surface area contributed by atoms with Crippen molar-refractivity contribution >= 4 is 16.8 Å². The van der Waals surface area contributed by atoms with E-state index in [9.17, 15) is 0 Å². The van der Waals surface area contributed by atoms with Crippen LogP contribution in [0.15, 0.2) is 55.6 Å². The molecule has 24 heavy (non-hydrogen) atoms. The van der Waals surface area contributed by atoms with Crippen molar-refractivity contribution in [2.75, 3.05) is 0 Å². The summed E-state index contributed by atoms with van der Waals surface area (Å²) in [6.07, 6.45) is 15.1. The van der Waals surface area contributed by atoms with Crippen LogP contribution in [-0.2, 0) is 7.05 Å². The first kappa shape index (κ1) is 13.0. The maximum atomic E-state index is 4.45. The number of hydrogen-bond acceptors (Lipinski definition) is 4. The summed E-state index contributed by atoms with van der Waals surface area (Å²) < 4.78 is 3.71. The number of nitrogens with one attached hydrogen (secondary N) is 1. The minimum Gasteiger partial charge on any atom is -0.345 e. The number of nitrogens with zero attached hydrogens (tertiary/aromatic N) is 6. The fraction of sp³-hybridized carbons (Fsp3) is 0.0588. The van der Waals surface area contributed by atoms with Crippen LogP contribution < -0.4 is 0 Å². The van der Waals surface area contributed by atoms with E-state index >= 15 is 0 Å². The summed E-state index contributed by atoms with van der Waals surface area (Å²) in [6, 6.07) is 2.01. The van der Waals surface area contributed by atoms with Gasteiger partial charge in [0.1, 0.15) is 5.65 Å². The summed E-state index contributed by atoms with van der Waals surface area (Å²) in [5, 5.41) is 5.34. The Morgan fingerprint density at radius 1 is 0.958 bits per heavy atom. The molecule has 116 valence electrons. The van der Waals surface area contributed by atoms with Gasteiger partial charge >= 0.3 is 0 Å². The first-order valence-electron chi connectivity index (χ1n) is 7.54. The SMILES string of the molecule is Cn1cc(-c2ccnc3[nH]cc(-c4cnc5nccn5c4)c23)cn1. The Hall–Kier alpha value is -3.48. The average molecular weight is 315 g/mol. The van der Waals surface area contributed by atoms with Gasteiger partial charge in [0.2, 0.25) is 5.78 Å². The van der Waals surface area contributed by atoms with E-state index < -0.39 is 0 Å². The molecule has 0 amide bonds. The monoisotopic (exact) mass is 315 g/mol. The van der Waals surface area contributed by atoms with E-state index in [0.717, 1.165) is 33.3 Å². The molecule has 0 atom stereocenters. The topological polar surface area (TPSA) is 76.7 Å². The lowest BCUT2D eigenvalue weighted by Crippen LogP contribution is -1.90. The van der Waals surface area contributed by atoms with Crippen LogP contribution in [0, 0.1) is 0 Å². The first-order chi connectivity index (χ1) is 11.8.